The lowest BCUT2D eigenvalue weighted by Gasteiger charge is -2.19. The minimum Gasteiger partial charge on any atom is -0.378 e. The quantitative estimate of drug-likeness (QED) is 0.887. The molecule has 1 amide bonds. The van der Waals surface area contributed by atoms with E-state index in [-0.39, 0.29) is 0 Å². The van der Waals surface area contributed by atoms with Gasteiger partial charge in [0.1, 0.15) is 6.04 Å². The molecule has 1 unspecified atom stereocenters. The molecule has 0 aliphatic heterocycles. The Morgan fingerprint density at radius 2 is 1.62 bits per heavy atom. The van der Waals surface area contributed by atoms with Gasteiger partial charge in [0.25, 0.3) is 0 Å². The molecule has 0 radical (unpaired) electrons. The van der Waals surface area contributed by atoms with Crippen LogP contribution in [0.4, 0.5) is 11.4 Å². The lowest BCUT2D eigenvalue weighted by Crippen LogP contribution is -2.27. The number of amides is 1. The Morgan fingerprint density at radius 1 is 1.05 bits per heavy atom. The summed E-state index contributed by atoms with van der Waals surface area (Å²) in [6.07, 6.45) is 0. The molecule has 0 spiro atoms. The number of benzene rings is 2. The molecule has 0 fully saturated rings. The molecule has 21 heavy (non-hydrogen) atoms. The van der Waals surface area contributed by atoms with Gasteiger partial charge in [0.15, 0.2) is 0 Å². The van der Waals surface area contributed by atoms with Gasteiger partial charge in [0.2, 0.25) is 5.91 Å². The van der Waals surface area contributed by atoms with E-state index < -0.39 is 11.9 Å². The highest BCUT2D eigenvalue weighted by atomic mass is 16.1. The van der Waals surface area contributed by atoms with Gasteiger partial charge >= 0.3 is 0 Å². The van der Waals surface area contributed by atoms with Crippen LogP contribution in [0.5, 0.6) is 0 Å². The summed E-state index contributed by atoms with van der Waals surface area (Å²) in [6.45, 7) is 2.02. The van der Waals surface area contributed by atoms with Gasteiger partial charge in [0, 0.05) is 25.5 Å². The zero-order chi connectivity index (χ0) is 15.4. The number of aryl methyl sites for hydroxylation is 1. The second-order valence-electron chi connectivity index (χ2n) is 5.33. The number of nitrogens with two attached hydrogens (primary N) is 1. The first-order chi connectivity index (χ1) is 9.97. The maximum absolute atomic E-state index is 11.7. The summed E-state index contributed by atoms with van der Waals surface area (Å²) < 4.78 is 0. The van der Waals surface area contributed by atoms with Gasteiger partial charge in [-0.1, -0.05) is 29.8 Å². The van der Waals surface area contributed by atoms with Crippen LogP contribution in [-0.2, 0) is 4.79 Å². The van der Waals surface area contributed by atoms with E-state index in [0.717, 1.165) is 16.9 Å². The molecule has 0 aromatic heterocycles. The van der Waals surface area contributed by atoms with E-state index in [0.29, 0.717) is 0 Å². The topological polar surface area (TPSA) is 58.4 Å². The fraction of sp³-hybridized carbons (Fsp3) is 0.235. The molecular weight excluding hydrogens is 262 g/mol. The van der Waals surface area contributed by atoms with Crippen molar-refractivity contribution < 1.29 is 4.79 Å². The summed E-state index contributed by atoms with van der Waals surface area (Å²) in [5.41, 5.74) is 9.52. The molecule has 4 nitrogen and oxygen atoms in total. The molecule has 2 aromatic carbocycles. The van der Waals surface area contributed by atoms with Crippen molar-refractivity contribution in [3.63, 3.8) is 0 Å². The van der Waals surface area contributed by atoms with Crippen LogP contribution in [0.2, 0.25) is 0 Å². The van der Waals surface area contributed by atoms with Crippen molar-refractivity contribution in [2.75, 3.05) is 24.3 Å². The fourth-order valence-electron chi connectivity index (χ4n) is 2.10. The van der Waals surface area contributed by atoms with Crippen LogP contribution in [0.15, 0.2) is 48.5 Å². The van der Waals surface area contributed by atoms with E-state index in [2.05, 4.69) is 5.32 Å². The number of carbonyl (C=O) groups excluding carboxylic acids is 1. The third-order valence-electron chi connectivity index (χ3n) is 3.39. The van der Waals surface area contributed by atoms with Crippen LogP contribution in [0.3, 0.4) is 0 Å². The fourth-order valence-corrected chi connectivity index (χ4v) is 2.10. The molecule has 0 saturated heterocycles. The van der Waals surface area contributed by atoms with E-state index in [1.54, 1.807) is 0 Å². The summed E-state index contributed by atoms with van der Waals surface area (Å²) >= 11 is 0. The highest BCUT2D eigenvalue weighted by Gasteiger charge is 2.17. The molecular formula is C17H21N3O. The van der Waals surface area contributed by atoms with Gasteiger partial charge in [-0.25, -0.2) is 0 Å². The first kappa shape index (κ1) is 14.9. The van der Waals surface area contributed by atoms with Crippen molar-refractivity contribution in [2.24, 2.45) is 5.73 Å². The van der Waals surface area contributed by atoms with Crippen molar-refractivity contribution in [1.29, 1.82) is 0 Å². The predicted octanol–water partition coefficient (Wildman–Crippen LogP) is 2.70. The molecule has 0 saturated carbocycles. The Hall–Kier alpha value is -2.49. The molecule has 0 aliphatic rings. The number of nitrogens with one attached hydrogen (secondary N) is 1. The normalized spacial score (nSPS) is 11.8. The Kier molecular flexibility index (Phi) is 4.48. The highest BCUT2D eigenvalue weighted by molar-refractivity contribution is 5.84. The van der Waals surface area contributed by atoms with Gasteiger partial charge in [-0.3, -0.25) is 4.79 Å². The highest BCUT2D eigenvalue weighted by Crippen LogP contribution is 2.22. The average Bonchev–Trinajstić information content (AvgIpc) is 2.46. The number of rotatable bonds is 5. The van der Waals surface area contributed by atoms with Crippen LogP contribution in [0.1, 0.15) is 17.2 Å². The average molecular weight is 283 g/mol. The van der Waals surface area contributed by atoms with E-state index in [9.17, 15) is 4.79 Å². The number of anilines is 2. The predicted molar refractivity (Wildman–Crippen MR) is 87.5 cm³/mol. The summed E-state index contributed by atoms with van der Waals surface area (Å²) in [6, 6.07) is 15.1. The van der Waals surface area contributed by atoms with E-state index in [1.165, 1.54) is 5.56 Å². The summed E-state index contributed by atoms with van der Waals surface area (Å²) in [5, 5.41) is 3.18. The van der Waals surface area contributed by atoms with Crippen molar-refractivity contribution in [3.8, 4) is 0 Å². The first-order valence-electron chi connectivity index (χ1n) is 6.87. The Bertz CT molecular complexity index is 603. The van der Waals surface area contributed by atoms with Gasteiger partial charge < -0.3 is 16.0 Å². The molecule has 110 valence electrons. The smallest absolute Gasteiger partial charge is 0.244 e. The van der Waals surface area contributed by atoms with Crippen LogP contribution in [0.25, 0.3) is 0 Å². The molecule has 4 heteroatoms. The SMILES string of the molecule is Cc1ccc(NC(C(N)=O)c2ccc(N(C)C)cc2)cc1. The third-order valence-corrected chi connectivity index (χ3v) is 3.39. The standard InChI is InChI=1S/C17H21N3O/c1-12-4-8-14(9-5-12)19-16(17(18)21)13-6-10-15(11-7-13)20(2)3/h4-11,16,19H,1-3H3,(H2,18,21). The monoisotopic (exact) mass is 283 g/mol. The molecule has 0 bridgehead atoms. The van der Waals surface area contributed by atoms with Crippen molar-refractivity contribution in [1.82, 2.24) is 0 Å². The maximum Gasteiger partial charge on any atom is 0.244 e. The molecule has 0 heterocycles. The maximum atomic E-state index is 11.7. The van der Waals surface area contributed by atoms with Crippen molar-refractivity contribution >= 4 is 17.3 Å². The molecule has 2 aromatic rings. The number of nitrogens with zero attached hydrogens (tertiary/aromatic N) is 1. The largest absolute Gasteiger partial charge is 0.378 e. The van der Waals surface area contributed by atoms with E-state index in [1.807, 2.05) is 74.4 Å². The lowest BCUT2D eigenvalue weighted by atomic mass is 10.0. The zero-order valence-electron chi connectivity index (χ0n) is 12.6. The Balaban J connectivity index is 2.22. The van der Waals surface area contributed by atoms with Gasteiger partial charge in [-0.05, 0) is 36.8 Å². The zero-order valence-corrected chi connectivity index (χ0v) is 12.6. The molecule has 3 N–H and O–H groups in total. The van der Waals surface area contributed by atoms with Crippen molar-refractivity contribution in [2.45, 2.75) is 13.0 Å². The van der Waals surface area contributed by atoms with Crippen LogP contribution in [-0.4, -0.2) is 20.0 Å². The van der Waals surface area contributed by atoms with Gasteiger partial charge in [0.05, 0.1) is 0 Å². The summed E-state index contributed by atoms with van der Waals surface area (Å²) in [7, 11) is 3.95. The molecule has 1 atom stereocenters. The number of carbonyl (C=O) groups is 1. The third kappa shape index (κ3) is 3.75. The van der Waals surface area contributed by atoms with Crippen LogP contribution < -0.4 is 16.0 Å². The van der Waals surface area contributed by atoms with E-state index in [4.69, 9.17) is 5.73 Å². The minimum atomic E-state index is -0.538. The molecule has 0 aliphatic carbocycles. The Labute approximate surface area is 125 Å². The van der Waals surface area contributed by atoms with Crippen LogP contribution in [0, 0.1) is 6.92 Å². The first-order valence-corrected chi connectivity index (χ1v) is 6.87. The molecule has 2 rings (SSSR count). The second-order valence-corrected chi connectivity index (χ2v) is 5.33. The lowest BCUT2D eigenvalue weighted by molar-refractivity contribution is -0.118. The summed E-state index contributed by atoms with van der Waals surface area (Å²) in [5.74, 6) is -0.395. The summed E-state index contributed by atoms with van der Waals surface area (Å²) in [4.78, 5) is 13.7. The van der Waals surface area contributed by atoms with Gasteiger partial charge in [-0.15, -0.1) is 0 Å². The number of hydrogen-bond donors (Lipinski definition) is 2. The number of primary amides is 1. The Morgan fingerprint density at radius 3 is 2.10 bits per heavy atom. The van der Waals surface area contributed by atoms with Gasteiger partial charge in [-0.2, -0.15) is 0 Å². The minimum absolute atomic E-state index is 0.395. The van der Waals surface area contributed by atoms with Crippen molar-refractivity contribution in [3.05, 3.63) is 59.7 Å². The number of hydrogen-bond acceptors (Lipinski definition) is 3. The second kappa shape index (κ2) is 6.31. The van der Waals surface area contributed by atoms with E-state index >= 15 is 0 Å². The van der Waals surface area contributed by atoms with Crippen LogP contribution >= 0.6 is 0 Å².